The first-order valence-electron chi connectivity index (χ1n) is 7.31. The molecule has 2 fully saturated rings. The van der Waals surface area contributed by atoms with Crippen molar-refractivity contribution in [1.82, 2.24) is 4.90 Å². The molecule has 0 spiro atoms. The predicted octanol–water partition coefficient (Wildman–Crippen LogP) is 1.45. The van der Waals surface area contributed by atoms with Crippen LogP contribution in [0.3, 0.4) is 0 Å². The fraction of sp³-hybridized carbons (Fsp3) is 0.533. The summed E-state index contributed by atoms with van der Waals surface area (Å²) in [6.07, 6.45) is 2.49. The van der Waals surface area contributed by atoms with E-state index in [9.17, 15) is 18.3 Å². The normalized spacial score (nSPS) is 36.8. The van der Waals surface area contributed by atoms with Crippen molar-refractivity contribution in [2.24, 2.45) is 5.92 Å². The van der Waals surface area contributed by atoms with Gasteiger partial charge in [0, 0.05) is 12.1 Å². The highest BCUT2D eigenvalue weighted by atomic mass is 32.2. The summed E-state index contributed by atoms with van der Waals surface area (Å²) in [4.78, 5) is 14.0. The van der Waals surface area contributed by atoms with Crippen molar-refractivity contribution in [2.45, 2.75) is 42.3 Å². The Morgan fingerprint density at radius 2 is 2.00 bits per heavy atom. The lowest BCUT2D eigenvalue weighted by molar-refractivity contribution is -0.142. The number of hydrogen-bond donors (Lipinski definition) is 1. The molecule has 4 rings (SSSR count). The van der Waals surface area contributed by atoms with Crippen molar-refractivity contribution in [3.8, 4) is 0 Å². The standard InChI is InChI=1S/C15H17NO4S/c17-15(18)11-7-9-5-6-12(11)16(9)13-8-21(19,20)14-4-2-1-3-10(13)14/h1-4,9,11-13H,5-8H2,(H,17,18). The summed E-state index contributed by atoms with van der Waals surface area (Å²) in [5.74, 6) is -1.01. The Morgan fingerprint density at radius 1 is 1.24 bits per heavy atom. The first kappa shape index (κ1) is 13.3. The van der Waals surface area contributed by atoms with Crippen LogP contribution in [0.25, 0.3) is 0 Å². The molecule has 0 saturated carbocycles. The van der Waals surface area contributed by atoms with Gasteiger partial charge in [-0.2, -0.15) is 0 Å². The van der Waals surface area contributed by atoms with Crippen LogP contribution in [0, 0.1) is 5.92 Å². The summed E-state index contributed by atoms with van der Waals surface area (Å²) in [5.41, 5.74) is 0.848. The van der Waals surface area contributed by atoms with Crippen LogP contribution < -0.4 is 0 Å². The number of sulfone groups is 1. The molecule has 5 nitrogen and oxygen atoms in total. The van der Waals surface area contributed by atoms with Gasteiger partial charge in [0.25, 0.3) is 0 Å². The number of benzene rings is 1. The number of carbonyl (C=O) groups is 1. The number of rotatable bonds is 2. The maximum Gasteiger partial charge on any atom is 0.308 e. The highest BCUT2D eigenvalue weighted by Crippen LogP contribution is 2.49. The molecule has 4 atom stereocenters. The molecule has 21 heavy (non-hydrogen) atoms. The van der Waals surface area contributed by atoms with Gasteiger partial charge < -0.3 is 5.11 Å². The van der Waals surface area contributed by atoms with E-state index in [2.05, 4.69) is 4.90 Å². The molecule has 1 aromatic rings. The lowest BCUT2D eigenvalue weighted by Gasteiger charge is -2.29. The minimum absolute atomic E-state index is 0.0149. The average Bonchev–Trinajstić information content (AvgIpc) is 3.09. The van der Waals surface area contributed by atoms with Gasteiger partial charge >= 0.3 is 5.97 Å². The zero-order chi connectivity index (χ0) is 14.8. The van der Waals surface area contributed by atoms with Crippen LogP contribution in [0.5, 0.6) is 0 Å². The molecule has 6 heteroatoms. The Kier molecular flexibility index (Phi) is 2.72. The second-order valence-corrected chi connectivity index (χ2v) is 8.26. The molecule has 2 bridgehead atoms. The van der Waals surface area contributed by atoms with Gasteiger partial charge in [0.1, 0.15) is 0 Å². The van der Waals surface area contributed by atoms with Crippen molar-refractivity contribution in [3.05, 3.63) is 29.8 Å². The van der Waals surface area contributed by atoms with Crippen molar-refractivity contribution in [2.75, 3.05) is 5.75 Å². The number of carboxylic acid groups (broad SMARTS) is 1. The highest BCUT2D eigenvalue weighted by molar-refractivity contribution is 7.91. The van der Waals surface area contributed by atoms with Crippen molar-refractivity contribution >= 4 is 15.8 Å². The number of nitrogens with zero attached hydrogens (tertiary/aromatic N) is 1. The molecule has 3 aliphatic heterocycles. The number of carboxylic acids is 1. The molecule has 0 amide bonds. The van der Waals surface area contributed by atoms with Crippen LogP contribution in [-0.2, 0) is 14.6 Å². The molecule has 3 heterocycles. The molecule has 1 aromatic carbocycles. The van der Waals surface area contributed by atoms with E-state index in [0.29, 0.717) is 11.3 Å². The summed E-state index contributed by atoms with van der Waals surface area (Å²) in [7, 11) is -3.24. The average molecular weight is 307 g/mol. The third-order valence-electron chi connectivity index (χ3n) is 5.26. The Morgan fingerprint density at radius 3 is 2.71 bits per heavy atom. The smallest absolute Gasteiger partial charge is 0.308 e. The van der Waals surface area contributed by atoms with E-state index < -0.39 is 15.8 Å². The summed E-state index contributed by atoms with van der Waals surface area (Å²) < 4.78 is 24.7. The first-order chi connectivity index (χ1) is 9.99. The van der Waals surface area contributed by atoms with Crippen molar-refractivity contribution in [3.63, 3.8) is 0 Å². The molecular weight excluding hydrogens is 290 g/mol. The molecule has 0 aromatic heterocycles. The largest absolute Gasteiger partial charge is 0.481 e. The lowest BCUT2D eigenvalue weighted by Crippen LogP contribution is -2.36. The van der Waals surface area contributed by atoms with E-state index in [-0.39, 0.29) is 29.8 Å². The molecule has 2 saturated heterocycles. The monoisotopic (exact) mass is 307 g/mol. The summed E-state index contributed by atoms with van der Waals surface area (Å²) in [6.45, 7) is 0. The maximum atomic E-state index is 12.3. The molecule has 4 unspecified atom stereocenters. The summed E-state index contributed by atoms with van der Waals surface area (Å²) in [6, 6.07) is 7.17. The molecule has 0 radical (unpaired) electrons. The Balaban J connectivity index is 1.75. The minimum atomic E-state index is -3.24. The van der Waals surface area contributed by atoms with E-state index in [1.807, 2.05) is 12.1 Å². The highest BCUT2D eigenvalue weighted by Gasteiger charge is 2.54. The third kappa shape index (κ3) is 1.78. The van der Waals surface area contributed by atoms with Gasteiger partial charge in [0.15, 0.2) is 9.84 Å². The minimum Gasteiger partial charge on any atom is -0.481 e. The van der Waals surface area contributed by atoms with E-state index in [1.165, 1.54) is 0 Å². The fourth-order valence-electron chi connectivity index (χ4n) is 4.45. The third-order valence-corrected chi connectivity index (χ3v) is 7.05. The van der Waals surface area contributed by atoms with E-state index >= 15 is 0 Å². The fourth-order valence-corrected chi connectivity index (χ4v) is 6.25. The topological polar surface area (TPSA) is 74.7 Å². The summed E-state index contributed by atoms with van der Waals surface area (Å²) in [5, 5.41) is 9.35. The van der Waals surface area contributed by atoms with Gasteiger partial charge in [0.05, 0.1) is 22.6 Å². The lowest BCUT2D eigenvalue weighted by atomic mass is 9.89. The quantitative estimate of drug-likeness (QED) is 0.895. The van der Waals surface area contributed by atoms with Gasteiger partial charge in [-0.05, 0) is 30.9 Å². The molecule has 3 aliphatic rings. The van der Waals surface area contributed by atoms with Crippen LogP contribution in [-0.4, -0.2) is 42.2 Å². The second-order valence-electron chi connectivity index (χ2n) is 6.26. The summed E-state index contributed by atoms with van der Waals surface area (Å²) >= 11 is 0. The van der Waals surface area contributed by atoms with E-state index in [4.69, 9.17) is 0 Å². The van der Waals surface area contributed by atoms with Gasteiger partial charge in [-0.3, -0.25) is 9.69 Å². The van der Waals surface area contributed by atoms with Crippen molar-refractivity contribution < 1.29 is 18.3 Å². The van der Waals surface area contributed by atoms with Gasteiger partial charge in [-0.1, -0.05) is 18.2 Å². The van der Waals surface area contributed by atoms with Crippen LogP contribution in [0.4, 0.5) is 0 Å². The van der Waals surface area contributed by atoms with Crippen LogP contribution in [0.1, 0.15) is 30.9 Å². The zero-order valence-corrected chi connectivity index (χ0v) is 12.3. The Hall–Kier alpha value is -1.40. The van der Waals surface area contributed by atoms with Crippen LogP contribution >= 0.6 is 0 Å². The SMILES string of the molecule is O=C(O)C1CC2CCC1N2C1CS(=O)(=O)c2ccccc21. The molecule has 0 aliphatic carbocycles. The van der Waals surface area contributed by atoms with Crippen LogP contribution in [0.15, 0.2) is 29.2 Å². The van der Waals surface area contributed by atoms with E-state index in [0.717, 1.165) is 18.4 Å². The number of fused-ring (bicyclic) bond motifs is 3. The van der Waals surface area contributed by atoms with E-state index in [1.54, 1.807) is 12.1 Å². The molecule has 1 N–H and O–H groups in total. The van der Waals surface area contributed by atoms with Gasteiger partial charge in [0.2, 0.25) is 0 Å². The first-order valence-corrected chi connectivity index (χ1v) is 8.96. The molecule has 112 valence electrons. The van der Waals surface area contributed by atoms with Gasteiger partial charge in [-0.25, -0.2) is 8.42 Å². The van der Waals surface area contributed by atoms with Gasteiger partial charge in [-0.15, -0.1) is 0 Å². The molecular formula is C15H17NO4S. The number of aliphatic carboxylic acids is 1. The Labute approximate surface area is 123 Å². The van der Waals surface area contributed by atoms with Crippen molar-refractivity contribution in [1.29, 1.82) is 0 Å². The maximum absolute atomic E-state index is 12.3. The zero-order valence-electron chi connectivity index (χ0n) is 11.5. The number of hydrogen-bond acceptors (Lipinski definition) is 4. The Bertz CT molecular complexity index is 714. The second kappa shape index (κ2) is 4.30. The predicted molar refractivity (Wildman–Crippen MR) is 75.6 cm³/mol. The van der Waals surface area contributed by atoms with Crippen LogP contribution in [0.2, 0.25) is 0 Å².